The first-order valence-corrected chi connectivity index (χ1v) is 6.53. The summed E-state index contributed by atoms with van der Waals surface area (Å²) in [4.78, 5) is 0. The van der Waals surface area contributed by atoms with Crippen molar-refractivity contribution in [3.8, 4) is 0 Å². The van der Waals surface area contributed by atoms with Crippen molar-refractivity contribution in [2.45, 2.75) is 64.2 Å². The predicted octanol–water partition coefficient (Wildman–Crippen LogP) is 2.58. The van der Waals surface area contributed by atoms with Gasteiger partial charge >= 0.3 is 0 Å². The Balaban J connectivity index is 1.84. The summed E-state index contributed by atoms with van der Waals surface area (Å²) in [6, 6.07) is 0.683. The lowest BCUT2D eigenvalue weighted by atomic mass is 9.81. The van der Waals surface area contributed by atoms with Gasteiger partial charge in [-0.25, -0.2) is 0 Å². The molecule has 4 unspecified atom stereocenters. The summed E-state index contributed by atoms with van der Waals surface area (Å²) in [7, 11) is 2.11. The number of hydrogen-bond acceptors (Lipinski definition) is 2. The quantitative estimate of drug-likeness (QED) is 0.754. The zero-order chi connectivity index (χ0) is 10.8. The maximum absolute atomic E-state index is 5.93. The van der Waals surface area contributed by atoms with E-state index in [-0.39, 0.29) is 0 Å². The highest BCUT2D eigenvalue weighted by Crippen LogP contribution is 2.41. The van der Waals surface area contributed by atoms with Crippen LogP contribution in [0.15, 0.2) is 0 Å². The fourth-order valence-electron chi connectivity index (χ4n) is 3.19. The van der Waals surface area contributed by atoms with Crippen molar-refractivity contribution in [3.05, 3.63) is 0 Å². The minimum Gasteiger partial charge on any atom is -0.375 e. The van der Waals surface area contributed by atoms with Crippen molar-refractivity contribution >= 4 is 0 Å². The van der Waals surface area contributed by atoms with Crippen LogP contribution in [0.4, 0.5) is 0 Å². The van der Waals surface area contributed by atoms with E-state index in [9.17, 15) is 0 Å². The number of hydrogen-bond donors (Lipinski definition) is 1. The Morgan fingerprint density at radius 3 is 2.53 bits per heavy atom. The van der Waals surface area contributed by atoms with Gasteiger partial charge < -0.3 is 10.1 Å². The van der Waals surface area contributed by atoms with E-state index >= 15 is 0 Å². The Bertz CT molecular complexity index is 205. The van der Waals surface area contributed by atoms with Gasteiger partial charge in [0.05, 0.1) is 12.2 Å². The first kappa shape index (κ1) is 11.4. The van der Waals surface area contributed by atoms with Crippen molar-refractivity contribution in [1.82, 2.24) is 5.32 Å². The normalized spacial score (nSPS) is 36.4. The molecule has 15 heavy (non-hydrogen) atoms. The van der Waals surface area contributed by atoms with Crippen LogP contribution in [0, 0.1) is 11.8 Å². The molecule has 88 valence electrons. The Hall–Kier alpha value is -0.0800. The van der Waals surface area contributed by atoms with E-state index in [1.165, 1.54) is 32.1 Å². The highest BCUT2D eigenvalue weighted by atomic mass is 16.5. The van der Waals surface area contributed by atoms with Crippen molar-refractivity contribution in [3.63, 3.8) is 0 Å². The molecule has 2 fully saturated rings. The molecule has 0 aromatic carbocycles. The molecule has 0 aromatic rings. The van der Waals surface area contributed by atoms with E-state index in [0.29, 0.717) is 18.2 Å². The van der Waals surface area contributed by atoms with Gasteiger partial charge in [0.1, 0.15) is 0 Å². The van der Waals surface area contributed by atoms with Crippen LogP contribution in [0.5, 0.6) is 0 Å². The zero-order valence-corrected chi connectivity index (χ0v) is 10.3. The monoisotopic (exact) mass is 211 g/mol. The van der Waals surface area contributed by atoms with Crippen LogP contribution in [-0.4, -0.2) is 25.3 Å². The van der Waals surface area contributed by atoms with Gasteiger partial charge in [0, 0.05) is 12.0 Å². The Morgan fingerprint density at radius 1 is 1.27 bits per heavy atom. The second-order valence-electron chi connectivity index (χ2n) is 5.64. The van der Waals surface area contributed by atoms with Crippen LogP contribution in [0.25, 0.3) is 0 Å². The second kappa shape index (κ2) is 4.84. The van der Waals surface area contributed by atoms with Crippen LogP contribution in [0.2, 0.25) is 0 Å². The summed E-state index contributed by atoms with van der Waals surface area (Å²) in [5, 5.41) is 3.50. The predicted molar refractivity (Wildman–Crippen MR) is 62.9 cm³/mol. The third-order valence-corrected chi connectivity index (χ3v) is 4.10. The van der Waals surface area contributed by atoms with Crippen LogP contribution < -0.4 is 5.32 Å². The van der Waals surface area contributed by atoms with Gasteiger partial charge in [0.25, 0.3) is 0 Å². The molecular formula is C13H25NO. The molecule has 2 bridgehead atoms. The summed E-state index contributed by atoms with van der Waals surface area (Å²) in [6.07, 6.45) is 7.71. The van der Waals surface area contributed by atoms with E-state index in [1.54, 1.807) is 0 Å². The maximum atomic E-state index is 5.93. The lowest BCUT2D eigenvalue weighted by Crippen LogP contribution is -2.38. The fraction of sp³-hybridized carbons (Fsp3) is 1.00. The third kappa shape index (κ3) is 2.54. The van der Waals surface area contributed by atoms with Crippen LogP contribution in [-0.2, 0) is 4.74 Å². The molecule has 2 aliphatic rings. The standard InChI is InChI=1S/C13H25NO/c1-9(2)4-6-12(14-3)11-8-10-5-7-13(11)15-10/h9-14H,4-8H2,1-3H3. The molecule has 0 spiro atoms. The minimum atomic E-state index is 0.569. The van der Waals surface area contributed by atoms with Gasteiger partial charge in [-0.1, -0.05) is 13.8 Å². The number of ether oxygens (including phenoxy) is 1. The van der Waals surface area contributed by atoms with E-state index < -0.39 is 0 Å². The first-order chi connectivity index (χ1) is 7.20. The van der Waals surface area contributed by atoms with E-state index in [0.717, 1.165) is 11.8 Å². The molecule has 2 aliphatic heterocycles. The summed E-state index contributed by atoms with van der Waals surface area (Å²) in [5.41, 5.74) is 0. The summed E-state index contributed by atoms with van der Waals surface area (Å²) in [5.74, 6) is 1.60. The first-order valence-electron chi connectivity index (χ1n) is 6.53. The van der Waals surface area contributed by atoms with Gasteiger partial charge in [-0.2, -0.15) is 0 Å². The Kier molecular flexibility index (Phi) is 3.68. The lowest BCUT2D eigenvalue weighted by molar-refractivity contribution is 0.0851. The topological polar surface area (TPSA) is 21.3 Å². The molecular weight excluding hydrogens is 186 g/mol. The van der Waals surface area contributed by atoms with E-state index in [2.05, 4.69) is 26.2 Å². The molecule has 2 rings (SSSR count). The maximum Gasteiger partial charge on any atom is 0.0623 e. The van der Waals surface area contributed by atoms with Gasteiger partial charge in [-0.3, -0.25) is 0 Å². The molecule has 2 nitrogen and oxygen atoms in total. The summed E-state index contributed by atoms with van der Waals surface area (Å²) >= 11 is 0. The molecule has 2 saturated heterocycles. The lowest BCUT2D eigenvalue weighted by Gasteiger charge is -2.28. The third-order valence-electron chi connectivity index (χ3n) is 4.10. The van der Waals surface area contributed by atoms with Gasteiger partial charge in [-0.05, 0) is 45.1 Å². The minimum absolute atomic E-state index is 0.569. The molecule has 2 heterocycles. The van der Waals surface area contributed by atoms with Crippen LogP contribution in [0.3, 0.4) is 0 Å². The van der Waals surface area contributed by atoms with Gasteiger partial charge in [0.2, 0.25) is 0 Å². The molecule has 0 aromatic heterocycles. The Morgan fingerprint density at radius 2 is 2.07 bits per heavy atom. The number of fused-ring (bicyclic) bond motifs is 2. The van der Waals surface area contributed by atoms with E-state index in [1.807, 2.05) is 0 Å². The summed E-state index contributed by atoms with van der Waals surface area (Å²) < 4.78 is 5.93. The van der Waals surface area contributed by atoms with E-state index in [4.69, 9.17) is 4.74 Å². The largest absolute Gasteiger partial charge is 0.375 e. The smallest absolute Gasteiger partial charge is 0.0623 e. The molecule has 0 amide bonds. The van der Waals surface area contributed by atoms with Crippen LogP contribution in [0.1, 0.15) is 46.0 Å². The van der Waals surface area contributed by atoms with Gasteiger partial charge in [-0.15, -0.1) is 0 Å². The van der Waals surface area contributed by atoms with Crippen molar-refractivity contribution in [1.29, 1.82) is 0 Å². The molecule has 0 radical (unpaired) electrons. The molecule has 4 atom stereocenters. The van der Waals surface area contributed by atoms with Gasteiger partial charge in [0.15, 0.2) is 0 Å². The average Bonchev–Trinajstić information content (AvgIpc) is 2.79. The highest BCUT2D eigenvalue weighted by molar-refractivity contribution is 4.94. The van der Waals surface area contributed by atoms with Crippen molar-refractivity contribution in [2.75, 3.05) is 7.05 Å². The van der Waals surface area contributed by atoms with Crippen LogP contribution >= 0.6 is 0 Å². The number of rotatable bonds is 5. The molecule has 0 aliphatic carbocycles. The fourth-order valence-corrected chi connectivity index (χ4v) is 3.19. The summed E-state index contributed by atoms with van der Waals surface area (Å²) in [6.45, 7) is 4.62. The van der Waals surface area contributed by atoms with Crippen molar-refractivity contribution < 1.29 is 4.74 Å². The zero-order valence-electron chi connectivity index (χ0n) is 10.3. The number of nitrogens with one attached hydrogen (secondary N) is 1. The SMILES string of the molecule is CNC(CCC(C)C)C1CC2CCC1O2. The molecule has 1 N–H and O–H groups in total. The van der Waals surface area contributed by atoms with Crippen molar-refractivity contribution in [2.24, 2.45) is 11.8 Å². The average molecular weight is 211 g/mol. The molecule has 0 saturated carbocycles. The second-order valence-corrected chi connectivity index (χ2v) is 5.64. The molecule has 2 heteroatoms. The highest BCUT2D eigenvalue weighted by Gasteiger charge is 2.43. The Labute approximate surface area is 93.8 Å².